The van der Waals surface area contributed by atoms with Crippen LogP contribution in [0.2, 0.25) is 0 Å². The van der Waals surface area contributed by atoms with Gasteiger partial charge in [0.25, 0.3) is 0 Å². The Labute approximate surface area is 139 Å². The Kier molecular flexibility index (Phi) is 3.77. The number of hydrogen-bond acceptors (Lipinski definition) is 2. The summed E-state index contributed by atoms with van der Waals surface area (Å²) in [5, 5.41) is 3.41. The van der Waals surface area contributed by atoms with Gasteiger partial charge in [-0.1, -0.05) is 28.1 Å². The summed E-state index contributed by atoms with van der Waals surface area (Å²) in [6.07, 6.45) is 5.48. The Morgan fingerprint density at radius 2 is 2.05 bits per heavy atom. The molecule has 1 heterocycles. The molecule has 1 aliphatic heterocycles. The van der Waals surface area contributed by atoms with Crippen LogP contribution in [0.15, 0.2) is 28.7 Å². The van der Waals surface area contributed by atoms with Gasteiger partial charge >= 0.3 is 0 Å². The first-order valence-corrected chi connectivity index (χ1v) is 9.13. The molecule has 4 rings (SSSR count). The smallest absolute Gasteiger partial charge is 0.224 e. The lowest BCUT2D eigenvalue weighted by Gasteiger charge is -2.39. The highest BCUT2D eigenvalue weighted by molar-refractivity contribution is 9.10. The summed E-state index contributed by atoms with van der Waals surface area (Å²) in [4.78, 5) is 12.7. The van der Waals surface area contributed by atoms with Gasteiger partial charge in [0.15, 0.2) is 0 Å². The average Bonchev–Trinajstić information content (AvgIpc) is 3.39. The molecule has 3 nitrogen and oxygen atoms in total. The maximum Gasteiger partial charge on any atom is 0.224 e. The van der Waals surface area contributed by atoms with Crippen molar-refractivity contribution in [3.05, 3.63) is 34.3 Å². The minimum Gasteiger partial charge on any atom is -0.381 e. The predicted molar refractivity (Wildman–Crippen MR) is 88.3 cm³/mol. The van der Waals surface area contributed by atoms with Crippen molar-refractivity contribution in [2.24, 2.45) is 17.8 Å². The van der Waals surface area contributed by atoms with E-state index >= 15 is 0 Å². The molecule has 1 amide bonds. The van der Waals surface area contributed by atoms with Crippen LogP contribution in [0.4, 0.5) is 0 Å². The van der Waals surface area contributed by atoms with Crippen LogP contribution in [-0.4, -0.2) is 19.1 Å². The molecule has 0 spiro atoms. The molecule has 1 N–H and O–H groups in total. The second-order valence-electron chi connectivity index (χ2n) is 7.04. The highest BCUT2D eigenvalue weighted by Gasteiger charge is 2.52. The van der Waals surface area contributed by atoms with Gasteiger partial charge in [0.2, 0.25) is 5.91 Å². The number of benzene rings is 1. The number of carbonyl (C=O) groups is 1. The third-order valence-electron chi connectivity index (χ3n) is 5.49. The van der Waals surface area contributed by atoms with Crippen molar-refractivity contribution in [1.82, 2.24) is 5.32 Å². The maximum atomic E-state index is 12.7. The molecule has 3 aliphatic rings. The van der Waals surface area contributed by atoms with Crippen molar-refractivity contribution in [3.8, 4) is 0 Å². The van der Waals surface area contributed by atoms with Crippen molar-refractivity contribution in [3.63, 3.8) is 0 Å². The monoisotopic (exact) mass is 363 g/mol. The molecule has 0 radical (unpaired) electrons. The van der Waals surface area contributed by atoms with Crippen molar-refractivity contribution < 1.29 is 9.53 Å². The maximum absolute atomic E-state index is 12.7. The van der Waals surface area contributed by atoms with Crippen LogP contribution in [0.3, 0.4) is 0 Å². The zero-order valence-electron chi connectivity index (χ0n) is 12.7. The Balaban J connectivity index is 1.54. The molecule has 0 unspecified atom stereocenters. The molecule has 2 atom stereocenters. The molecule has 1 aromatic rings. The fourth-order valence-electron chi connectivity index (χ4n) is 3.88. The predicted octanol–water partition coefficient (Wildman–Crippen LogP) is 3.62. The van der Waals surface area contributed by atoms with E-state index in [2.05, 4.69) is 33.4 Å². The lowest BCUT2D eigenvalue weighted by atomic mass is 9.82. The fraction of sp³-hybridized carbons (Fsp3) is 0.611. The summed E-state index contributed by atoms with van der Waals surface area (Å²) in [5.74, 6) is 2.03. The molecule has 1 saturated heterocycles. The van der Waals surface area contributed by atoms with Gasteiger partial charge in [-0.3, -0.25) is 4.79 Å². The summed E-state index contributed by atoms with van der Waals surface area (Å²) in [5.41, 5.74) is 0.942. The molecule has 0 aromatic heterocycles. The number of hydrogen-bond donors (Lipinski definition) is 1. The molecule has 2 saturated carbocycles. The van der Waals surface area contributed by atoms with Crippen LogP contribution in [0, 0.1) is 17.8 Å². The van der Waals surface area contributed by atoms with Gasteiger partial charge in [0.05, 0.1) is 5.54 Å². The molecule has 0 bridgehead atoms. The normalized spacial score (nSPS) is 29.9. The van der Waals surface area contributed by atoms with Crippen LogP contribution in [-0.2, 0) is 15.1 Å². The van der Waals surface area contributed by atoms with E-state index in [1.807, 2.05) is 12.1 Å². The van der Waals surface area contributed by atoms with E-state index in [9.17, 15) is 4.79 Å². The second kappa shape index (κ2) is 5.64. The Bertz CT molecular complexity index is 578. The van der Waals surface area contributed by atoms with E-state index < -0.39 is 0 Å². The third-order valence-corrected chi connectivity index (χ3v) is 5.98. The highest BCUT2D eigenvalue weighted by Crippen LogP contribution is 2.54. The largest absolute Gasteiger partial charge is 0.381 e. The summed E-state index contributed by atoms with van der Waals surface area (Å²) in [7, 11) is 0. The van der Waals surface area contributed by atoms with Crippen LogP contribution in [0.25, 0.3) is 0 Å². The lowest BCUT2D eigenvalue weighted by Crippen LogP contribution is -2.50. The summed E-state index contributed by atoms with van der Waals surface area (Å²) >= 11 is 3.55. The first-order valence-electron chi connectivity index (χ1n) is 8.34. The number of rotatable bonds is 4. The Morgan fingerprint density at radius 3 is 2.73 bits per heavy atom. The minimum atomic E-state index is -0.254. The van der Waals surface area contributed by atoms with Crippen LogP contribution >= 0.6 is 15.9 Å². The second-order valence-corrected chi connectivity index (χ2v) is 7.95. The van der Waals surface area contributed by atoms with Crippen molar-refractivity contribution in [2.75, 3.05) is 13.2 Å². The first kappa shape index (κ1) is 14.7. The van der Waals surface area contributed by atoms with Crippen LogP contribution in [0.5, 0.6) is 0 Å². The standard InChI is InChI=1S/C18H22BrNO2/c19-14-3-1-2-13(10-14)18(6-8-22-9-7-18)20-17(21)16-11-15(16)12-4-5-12/h1-3,10,12,15-16H,4-9,11H2,(H,20,21)/t15-,16+/m1/s1. The van der Waals surface area contributed by atoms with Crippen LogP contribution < -0.4 is 5.32 Å². The number of amides is 1. The van der Waals surface area contributed by atoms with Crippen LogP contribution in [0.1, 0.15) is 37.7 Å². The van der Waals surface area contributed by atoms with Crippen molar-refractivity contribution in [2.45, 2.75) is 37.6 Å². The average molecular weight is 364 g/mol. The van der Waals surface area contributed by atoms with E-state index in [0.717, 1.165) is 29.7 Å². The van der Waals surface area contributed by atoms with Crippen molar-refractivity contribution >= 4 is 21.8 Å². The number of halogens is 1. The molecule has 4 heteroatoms. The molecular weight excluding hydrogens is 342 g/mol. The zero-order chi connectivity index (χ0) is 15.2. The SMILES string of the molecule is O=C(NC1(c2cccc(Br)c2)CCOCC1)[C@H]1C[C@@H]1C1CC1. The van der Waals surface area contributed by atoms with E-state index in [4.69, 9.17) is 4.74 Å². The van der Waals surface area contributed by atoms with Gasteiger partial charge in [0, 0.05) is 23.6 Å². The van der Waals surface area contributed by atoms with Gasteiger partial charge < -0.3 is 10.1 Å². The molecule has 1 aromatic carbocycles. The van der Waals surface area contributed by atoms with E-state index in [1.165, 1.54) is 18.4 Å². The molecule has 118 valence electrons. The van der Waals surface area contributed by atoms with Crippen molar-refractivity contribution in [1.29, 1.82) is 0 Å². The van der Waals surface area contributed by atoms with Gasteiger partial charge in [-0.05, 0) is 61.6 Å². The van der Waals surface area contributed by atoms with Gasteiger partial charge in [-0.2, -0.15) is 0 Å². The molecule has 2 aliphatic carbocycles. The van der Waals surface area contributed by atoms with Gasteiger partial charge in [0.1, 0.15) is 0 Å². The zero-order valence-corrected chi connectivity index (χ0v) is 14.3. The van der Waals surface area contributed by atoms with Gasteiger partial charge in [-0.25, -0.2) is 0 Å². The molecular formula is C18H22BrNO2. The van der Waals surface area contributed by atoms with Gasteiger partial charge in [-0.15, -0.1) is 0 Å². The molecule has 3 fully saturated rings. The first-order chi connectivity index (χ1) is 10.7. The van der Waals surface area contributed by atoms with E-state index in [-0.39, 0.29) is 17.4 Å². The summed E-state index contributed by atoms with van der Waals surface area (Å²) < 4.78 is 6.60. The quantitative estimate of drug-likeness (QED) is 0.886. The minimum absolute atomic E-state index is 0.254. The third kappa shape index (κ3) is 2.83. The number of nitrogens with one attached hydrogen (secondary N) is 1. The number of ether oxygens (including phenoxy) is 1. The summed E-state index contributed by atoms with van der Waals surface area (Å²) in [6.45, 7) is 1.42. The Hall–Kier alpha value is -0.870. The van der Waals surface area contributed by atoms with E-state index in [0.29, 0.717) is 19.1 Å². The summed E-state index contributed by atoms with van der Waals surface area (Å²) in [6, 6.07) is 8.34. The Morgan fingerprint density at radius 1 is 1.27 bits per heavy atom. The topological polar surface area (TPSA) is 38.3 Å². The van der Waals surface area contributed by atoms with E-state index in [1.54, 1.807) is 0 Å². The highest BCUT2D eigenvalue weighted by atomic mass is 79.9. The lowest BCUT2D eigenvalue weighted by molar-refractivity contribution is -0.126. The molecule has 22 heavy (non-hydrogen) atoms. The fourth-order valence-corrected chi connectivity index (χ4v) is 4.28. The number of carbonyl (C=O) groups excluding carboxylic acids is 1.